The molecule has 0 spiro atoms. The van der Waals surface area contributed by atoms with Crippen LogP contribution in [0.2, 0.25) is 0 Å². The lowest BCUT2D eigenvalue weighted by atomic mass is 9.59. The van der Waals surface area contributed by atoms with Gasteiger partial charge in [-0.2, -0.15) is 0 Å². The summed E-state index contributed by atoms with van der Waals surface area (Å²) in [7, 11) is 0. The molecule has 3 heterocycles. The molecule has 9 atom stereocenters. The molecule has 2 aromatic heterocycles. The van der Waals surface area contributed by atoms with E-state index in [2.05, 4.69) is 317 Å². The standard InChI is InChI=1S/C86H77N3S/c1-7-9-23-55(5)86(59-24-11-10-12-25-59)74-49-56(48-72(58-41-44-65-63-27-16-19-35-78(63)88(8-2)79(65)50-58)68-32-21-31-67-71-46-53(3)38-40-57(71)47-54(4)83(67)68)39-43-70(74)84-66-29-14-13-28-64(66)80(52-75(84)86)89(60-42-45-62-61-26-15-18-34-76(61)87-77(62)51-60)82-37-22-33-73-69-30-17-20-36-81(69)90-85(73,82)6/h7,9-45,49-51,53-54,64,72,75,80,82,87H,8,46-48,52H2,1-6H3/b9-7-,55-23+/t53?,54-,64?,72?,75?,80?,82?,85+,86?/m0/s1. The first-order valence-electron chi connectivity index (χ1n) is 33.2. The van der Waals surface area contributed by atoms with Gasteiger partial charge in [-0.25, -0.2) is 0 Å². The van der Waals surface area contributed by atoms with Gasteiger partial charge in [0.25, 0.3) is 0 Å². The van der Waals surface area contributed by atoms with Gasteiger partial charge in [-0.05, 0) is 180 Å². The molecule has 442 valence electrons. The van der Waals surface area contributed by atoms with Crippen LogP contribution in [0.3, 0.4) is 0 Å². The molecule has 0 saturated carbocycles. The van der Waals surface area contributed by atoms with Crippen LogP contribution < -0.4 is 4.90 Å². The monoisotopic (exact) mass is 1180 g/mol. The maximum absolute atomic E-state index is 3.90. The number of aromatic nitrogens is 2. The Morgan fingerprint density at radius 2 is 1.50 bits per heavy atom. The van der Waals surface area contributed by atoms with Crippen molar-refractivity contribution in [2.75, 3.05) is 4.90 Å². The topological polar surface area (TPSA) is 24.0 Å². The molecule has 0 radical (unpaired) electrons. The van der Waals surface area contributed by atoms with E-state index in [1.807, 2.05) is 0 Å². The minimum atomic E-state index is -0.500. The van der Waals surface area contributed by atoms with Gasteiger partial charge < -0.3 is 14.5 Å². The molecular weight excluding hydrogens is 1110 g/mol. The molecule has 4 heteroatoms. The van der Waals surface area contributed by atoms with Gasteiger partial charge in [0.05, 0.1) is 10.8 Å². The average Bonchev–Trinajstić information content (AvgIpc) is 1.52. The zero-order chi connectivity index (χ0) is 60.6. The number of fused-ring (bicyclic) bond motifs is 15. The maximum Gasteiger partial charge on any atom is 0.0672 e. The van der Waals surface area contributed by atoms with Crippen LogP contribution in [0.4, 0.5) is 5.69 Å². The van der Waals surface area contributed by atoms with E-state index >= 15 is 0 Å². The molecule has 7 unspecified atom stereocenters. The molecule has 10 aromatic rings. The summed E-state index contributed by atoms with van der Waals surface area (Å²) >= 11 is 2.06. The highest BCUT2D eigenvalue weighted by Gasteiger charge is 2.58. The summed E-state index contributed by atoms with van der Waals surface area (Å²) in [5.41, 5.74) is 27.4. The van der Waals surface area contributed by atoms with Crippen molar-refractivity contribution >= 4 is 77.8 Å². The number of para-hydroxylation sites is 2. The highest BCUT2D eigenvalue weighted by molar-refractivity contribution is 8.01. The predicted molar refractivity (Wildman–Crippen MR) is 383 cm³/mol. The third kappa shape index (κ3) is 8.25. The van der Waals surface area contributed by atoms with E-state index in [1.165, 1.54) is 127 Å². The van der Waals surface area contributed by atoms with Gasteiger partial charge in [-0.1, -0.05) is 232 Å². The van der Waals surface area contributed by atoms with Gasteiger partial charge in [-0.3, -0.25) is 0 Å². The lowest BCUT2D eigenvalue weighted by Crippen LogP contribution is -2.57. The molecule has 3 nitrogen and oxygen atoms in total. The van der Waals surface area contributed by atoms with Crippen LogP contribution in [0, 0.1) is 17.8 Å². The molecule has 0 amide bonds. The second-order valence-corrected chi connectivity index (χ2v) is 28.6. The van der Waals surface area contributed by atoms with Crippen LogP contribution in [0.25, 0.3) is 60.3 Å². The predicted octanol–water partition coefficient (Wildman–Crippen LogP) is 21.8. The number of hydrogen-bond donors (Lipinski definition) is 1. The van der Waals surface area contributed by atoms with E-state index in [4.69, 9.17) is 0 Å². The van der Waals surface area contributed by atoms with E-state index in [0.29, 0.717) is 11.8 Å². The molecule has 1 N–H and O–H groups in total. The first-order chi connectivity index (χ1) is 44.1. The third-order valence-electron chi connectivity index (χ3n) is 22.3. The number of hydrogen-bond acceptors (Lipinski definition) is 2. The molecule has 0 fully saturated rings. The Hall–Kier alpha value is -8.83. The zero-order valence-electron chi connectivity index (χ0n) is 52.6. The normalized spacial score (nSPS) is 25.0. The number of anilines is 1. The van der Waals surface area contributed by atoms with Crippen LogP contribution in [0.1, 0.15) is 123 Å². The lowest BCUT2D eigenvalue weighted by Gasteiger charge is -2.53. The Morgan fingerprint density at radius 3 is 2.38 bits per heavy atom. The molecule has 0 saturated heterocycles. The van der Waals surface area contributed by atoms with E-state index in [9.17, 15) is 0 Å². The molecular formula is C86H77N3S. The van der Waals surface area contributed by atoms with Crippen molar-refractivity contribution in [2.24, 2.45) is 17.8 Å². The maximum atomic E-state index is 3.90. The second kappa shape index (κ2) is 21.4. The summed E-state index contributed by atoms with van der Waals surface area (Å²) in [5.74, 6) is 1.25. The molecule has 0 bridgehead atoms. The Bertz CT molecular complexity index is 4920. The van der Waals surface area contributed by atoms with E-state index in [0.717, 1.165) is 32.2 Å². The van der Waals surface area contributed by atoms with Gasteiger partial charge in [0.1, 0.15) is 0 Å². The summed E-state index contributed by atoms with van der Waals surface area (Å²) in [6.45, 7) is 15.3. The number of thioether (sulfide) groups is 1. The van der Waals surface area contributed by atoms with Crippen molar-refractivity contribution in [3.05, 3.63) is 316 Å². The summed E-state index contributed by atoms with van der Waals surface area (Å²) in [5, 5.41) is 5.19. The molecule has 7 aliphatic rings. The summed E-state index contributed by atoms with van der Waals surface area (Å²) in [4.78, 5) is 8.17. The number of nitrogens with zero attached hydrogens (tertiary/aromatic N) is 2. The number of aromatic amines is 1. The highest BCUT2D eigenvalue weighted by Crippen LogP contribution is 2.65. The Morgan fingerprint density at radius 1 is 0.711 bits per heavy atom. The highest BCUT2D eigenvalue weighted by atomic mass is 32.2. The Balaban J connectivity index is 0.869. The summed E-state index contributed by atoms with van der Waals surface area (Å²) in [6.07, 6.45) is 32.9. The summed E-state index contributed by atoms with van der Waals surface area (Å²) in [6, 6.07) is 68.8. The third-order valence-corrected chi connectivity index (χ3v) is 23.7. The van der Waals surface area contributed by atoms with Gasteiger partial charge in [0.2, 0.25) is 0 Å². The number of allylic oxidation sites excluding steroid dienone is 14. The van der Waals surface area contributed by atoms with Gasteiger partial charge in [-0.15, -0.1) is 11.8 Å². The van der Waals surface area contributed by atoms with Gasteiger partial charge >= 0.3 is 0 Å². The number of H-pyrrole nitrogens is 1. The van der Waals surface area contributed by atoms with E-state index in [1.54, 1.807) is 11.1 Å². The van der Waals surface area contributed by atoms with Crippen LogP contribution in [-0.2, 0) is 18.4 Å². The van der Waals surface area contributed by atoms with Crippen LogP contribution >= 0.6 is 11.8 Å². The molecule has 17 rings (SSSR count). The Labute approximate surface area is 535 Å². The molecule has 1 aliphatic heterocycles. The van der Waals surface area contributed by atoms with Crippen LogP contribution in [0.5, 0.6) is 0 Å². The fourth-order valence-corrected chi connectivity index (χ4v) is 19.9. The van der Waals surface area contributed by atoms with Crippen molar-refractivity contribution in [1.29, 1.82) is 0 Å². The largest absolute Gasteiger partial charge is 0.359 e. The second-order valence-electron chi connectivity index (χ2n) is 27.1. The minimum Gasteiger partial charge on any atom is -0.359 e. The van der Waals surface area contributed by atoms with Crippen molar-refractivity contribution in [2.45, 2.75) is 113 Å². The lowest BCUT2D eigenvalue weighted by molar-refractivity contribution is 0.336. The number of benzene rings is 8. The van der Waals surface area contributed by atoms with Gasteiger partial charge in [0.15, 0.2) is 0 Å². The zero-order valence-corrected chi connectivity index (χ0v) is 53.4. The molecule has 90 heavy (non-hydrogen) atoms. The number of aryl methyl sites for hydroxylation is 1. The molecule has 6 aliphatic carbocycles. The average molecular weight is 1180 g/mol. The minimum absolute atomic E-state index is 0.0343. The first kappa shape index (κ1) is 55.3. The fourth-order valence-electron chi connectivity index (χ4n) is 18.4. The van der Waals surface area contributed by atoms with E-state index < -0.39 is 5.41 Å². The summed E-state index contributed by atoms with van der Waals surface area (Å²) < 4.78 is 2.29. The van der Waals surface area contributed by atoms with E-state index in [-0.39, 0.29) is 34.6 Å². The molecule has 8 aromatic carbocycles. The quantitative estimate of drug-likeness (QED) is 0.131. The smallest absolute Gasteiger partial charge is 0.0672 e. The SMILES string of the molecule is C/C=C\C=C(/C)C1(c2ccccc2)c2cc(CC(c3ccc4c5ccccc5n(CC)c4c3)c3cccc4c3[C@@H](C)CC3=C4CC(C)C=C3)ccc2C2=C3C=CC=CC3C(N(c3ccc4c(c3)[nH]c3ccccc34)C3C=CC=C4c5ccccc5S[C@]43C)CC21. The van der Waals surface area contributed by atoms with Crippen LogP contribution in [-0.4, -0.2) is 26.4 Å². The van der Waals surface area contributed by atoms with Gasteiger partial charge in [0, 0.05) is 89.9 Å². The van der Waals surface area contributed by atoms with Crippen molar-refractivity contribution in [3.8, 4) is 0 Å². The Kier molecular flexibility index (Phi) is 13.1. The van der Waals surface area contributed by atoms with Crippen LogP contribution in [0.15, 0.2) is 270 Å². The first-order valence-corrected chi connectivity index (χ1v) is 34.0. The number of rotatable bonds is 11. The number of nitrogens with one attached hydrogen (secondary N) is 1. The van der Waals surface area contributed by atoms with Crippen molar-refractivity contribution in [3.63, 3.8) is 0 Å². The van der Waals surface area contributed by atoms with Crippen molar-refractivity contribution < 1.29 is 0 Å². The fraction of sp³-hybridized carbons (Fsp3) is 0.233. The van der Waals surface area contributed by atoms with Crippen molar-refractivity contribution in [1.82, 2.24) is 9.55 Å².